The molecule has 1 N–H and O–H groups in total. The summed E-state index contributed by atoms with van der Waals surface area (Å²) in [6.45, 7) is 2.93. The number of hydrogen-bond donors (Lipinski definition) is 1. The monoisotopic (exact) mass is 432 g/mol. The van der Waals surface area contributed by atoms with E-state index in [1.54, 1.807) is 0 Å². The van der Waals surface area contributed by atoms with Crippen molar-refractivity contribution >= 4 is 23.4 Å². The molecule has 0 atom stereocenters. The molecule has 1 amide bonds. The quantitative estimate of drug-likeness (QED) is 0.528. The number of carbonyl (C=O) groups excluding carboxylic acids is 1. The first-order valence-electron chi connectivity index (χ1n) is 10.9. The number of thioether (sulfide) groups is 1. The van der Waals surface area contributed by atoms with Gasteiger partial charge in [-0.2, -0.15) is 0 Å². The predicted molar refractivity (Wildman–Crippen MR) is 127 cm³/mol. The van der Waals surface area contributed by atoms with Crippen molar-refractivity contribution in [1.29, 1.82) is 0 Å². The molecule has 6 heteroatoms. The average molecular weight is 433 g/mol. The van der Waals surface area contributed by atoms with Gasteiger partial charge in [0.15, 0.2) is 0 Å². The fraction of sp³-hybridized carbons (Fsp3) is 0.320. The lowest BCUT2D eigenvalue weighted by Gasteiger charge is -2.28. The zero-order valence-corrected chi connectivity index (χ0v) is 18.5. The van der Waals surface area contributed by atoms with Crippen LogP contribution in [0, 0.1) is 0 Å². The van der Waals surface area contributed by atoms with Crippen molar-refractivity contribution in [3.63, 3.8) is 0 Å². The molecule has 1 aliphatic rings. The summed E-state index contributed by atoms with van der Waals surface area (Å²) in [6.07, 6.45) is 4.72. The molecule has 1 aromatic heterocycles. The lowest BCUT2D eigenvalue weighted by atomic mass is 10.1. The van der Waals surface area contributed by atoms with Crippen molar-refractivity contribution in [1.82, 2.24) is 15.5 Å². The first-order chi connectivity index (χ1) is 15.3. The molecule has 160 valence electrons. The molecule has 0 spiro atoms. The summed E-state index contributed by atoms with van der Waals surface area (Å²) in [4.78, 5) is 14.5. The zero-order chi connectivity index (χ0) is 21.3. The van der Waals surface area contributed by atoms with Crippen LogP contribution in [0.1, 0.15) is 24.8 Å². The molecule has 0 unspecified atom stereocenters. The number of hydrogen-bond acceptors (Lipinski definition) is 5. The maximum atomic E-state index is 12.1. The van der Waals surface area contributed by atoms with Gasteiger partial charge in [-0.3, -0.25) is 4.79 Å². The van der Waals surface area contributed by atoms with E-state index >= 15 is 0 Å². The largest absolute Gasteiger partial charge is 0.372 e. The van der Waals surface area contributed by atoms with E-state index in [0.717, 1.165) is 35.8 Å². The van der Waals surface area contributed by atoms with E-state index in [1.807, 2.05) is 30.3 Å². The van der Waals surface area contributed by atoms with Crippen LogP contribution >= 0.6 is 11.8 Å². The third-order valence-corrected chi connectivity index (χ3v) is 6.37. The summed E-state index contributed by atoms with van der Waals surface area (Å²) in [5, 5.41) is 12.4. The van der Waals surface area contributed by atoms with Gasteiger partial charge in [0, 0.05) is 30.9 Å². The van der Waals surface area contributed by atoms with Gasteiger partial charge in [0.05, 0.1) is 11.4 Å². The van der Waals surface area contributed by atoms with Crippen LogP contribution in [-0.2, 0) is 11.2 Å². The van der Waals surface area contributed by atoms with Crippen LogP contribution in [0.5, 0.6) is 0 Å². The molecule has 3 aromatic rings. The van der Waals surface area contributed by atoms with Crippen LogP contribution in [0.3, 0.4) is 0 Å². The van der Waals surface area contributed by atoms with Crippen LogP contribution in [0.25, 0.3) is 11.3 Å². The summed E-state index contributed by atoms with van der Waals surface area (Å²) >= 11 is 1.41. The highest BCUT2D eigenvalue weighted by molar-refractivity contribution is 7.99. The van der Waals surface area contributed by atoms with E-state index in [4.69, 9.17) is 0 Å². The summed E-state index contributed by atoms with van der Waals surface area (Å²) in [7, 11) is 0. The number of nitrogens with zero attached hydrogens (tertiary/aromatic N) is 3. The van der Waals surface area contributed by atoms with Crippen molar-refractivity contribution in [3.05, 3.63) is 72.3 Å². The number of anilines is 1. The van der Waals surface area contributed by atoms with Crippen LogP contribution in [-0.4, -0.2) is 41.5 Å². The van der Waals surface area contributed by atoms with Gasteiger partial charge in [-0.1, -0.05) is 54.2 Å². The number of rotatable bonds is 8. The maximum absolute atomic E-state index is 12.1. The highest BCUT2D eigenvalue weighted by atomic mass is 32.2. The van der Waals surface area contributed by atoms with E-state index in [2.05, 4.69) is 56.8 Å². The number of piperidine rings is 1. The minimum atomic E-state index is 0.0140. The van der Waals surface area contributed by atoms with E-state index in [1.165, 1.54) is 42.3 Å². The lowest BCUT2D eigenvalue weighted by molar-refractivity contribution is -0.118. The Bertz CT molecular complexity index is 955. The third kappa shape index (κ3) is 6.31. The average Bonchev–Trinajstić information content (AvgIpc) is 2.84. The van der Waals surface area contributed by atoms with Crippen LogP contribution < -0.4 is 10.2 Å². The Morgan fingerprint density at radius 2 is 1.68 bits per heavy atom. The highest BCUT2D eigenvalue weighted by Crippen LogP contribution is 2.25. The molecule has 2 aromatic carbocycles. The third-order valence-electron chi connectivity index (χ3n) is 5.45. The Kier molecular flexibility index (Phi) is 7.56. The Balaban J connectivity index is 1.23. The molecule has 0 saturated carbocycles. The van der Waals surface area contributed by atoms with Gasteiger partial charge in [0.25, 0.3) is 0 Å². The van der Waals surface area contributed by atoms with Crippen molar-refractivity contribution in [3.8, 4) is 11.3 Å². The van der Waals surface area contributed by atoms with Gasteiger partial charge < -0.3 is 10.2 Å². The molecule has 4 rings (SSSR count). The maximum Gasteiger partial charge on any atom is 0.230 e. The molecule has 1 aliphatic heterocycles. The normalized spacial score (nSPS) is 13.7. The summed E-state index contributed by atoms with van der Waals surface area (Å²) in [5.41, 5.74) is 4.41. The Morgan fingerprint density at radius 1 is 0.903 bits per heavy atom. The predicted octanol–water partition coefficient (Wildman–Crippen LogP) is 4.58. The molecule has 31 heavy (non-hydrogen) atoms. The highest BCUT2D eigenvalue weighted by Gasteiger charge is 2.11. The fourth-order valence-electron chi connectivity index (χ4n) is 3.73. The standard InChI is InChI=1S/C25H28N4OS/c30-24(26-16-15-20-7-3-1-4-8-20)19-31-25-14-13-23(27-28-25)21-9-11-22(12-10-21)29-17-5-2-6-18-29/h1,3-4,7-14H,2,5-6,15-19H2,(H,26,30). The topological polar surface area (TPSA) is 58.1 Å². The van der Waals surface area contributed by atoms with Gasteiger partial charge in [0.1, 0.15) is 5.03 Å². The van der Waals surface area contributed by atoms with Crippen LogP contribution in [0.15, 0.2) is 71.8 Å². The summed E-state index contributed by atoms with van der Waals surface area (Å²) in [6, 6.07) is 22.6. The fourth-order valence-corrected chi connectivity index (χ4v) is 4.37. The minimum absolute atomic E-state index is 0.0140. The summed E-state index contributed by atoms with van der Waals surface area (Å²) in [5.74, 6) is 0.355. The molecule has 1 fully saturated rings. The van der Waals surface area contributed by atoms with E-state index in [-0.39, 0.29) is 5.91 Å². The lowest BCUT2D eigenvalue weighted by Crippen LogP contribution is -2.29. The number of amides is 1. The number of aromatic nitrogens is 2. The summed E-state index contributed by atoms with van der Waals surface area (Å²) < 4.78 is 0. The molecule has 1 saturated heterocycles. The Labute approximate surface area is 188 Å². The second kappa shape index (κ2) is 11.0. The number of benzene rings is 2. The number of carbonyl (C=O) groups is 1. The van der Waals surface area contributed by atoms with Gasteiger partial charge in [-0.25, -0.2) is 0 Å². The Morgan fingerprint density at radius 3 is 2.39 bits per heavy atom. The number of nitrogens with one attached hydrogen (secondary N) is 1. The first kappa shape index (κ1) is 21.4. The van der Waals surface area contributed by atoms with Gasteiger partial charge >= 0.3 is 0 Å². The molecule has 0 radical (unpaired) electrons. The zero-order valence-electron chi connectivity index (χ0n) is 17.7. The molecule has 0 aliphatic carbocycles. The van der Waals surface area contributed by atoms with Crippen molar-refractivity contribution in [2.24, 2.45) is 0 Å². The molecular weight excluding hydrogens is 404 g/mol. The van der Waals surface area contributed by atoms with Crippen molar-refractivity contribution < 1.29 is 4.79 Å². The second-order valence-electron chi connectivity index (χ2n) is 7.73. The Hall–Kier alpha value is -2.86. The van der Waals surface area contributed by atoms with E-state index < -0.39 is 0 Å². The molecule has 2 heterocycles. The van der Waals surface area contributed by atoms with Crippen molar-refractivity contribution in [2.45, 2.75) is 30.7 Å². The minimum Gasteiger partial charge on any atom is -0.372 e. The SMILES string of the molecule is O=C(CSc1ccc(-c2ccc(N3CCCCC3)cc2)nn1)NCCc1ccccc1. The molecular formula is C25H28N4OS. The first-order valence-corrected chi connectivity index (χ1v) is 11.9. The smallest absolute Gasteiger partial charge is 0.230 e. The van der Waals surface area contributed by atoms with Gasteiger partial charge in [0.2, 0.25) is 5.91 Å². The molecule has 0 bridgehead atoms. The van der Waals surface area contributed by atoms with E-state index in [0.29, 0.717) is 12.3 Å². The molecule has 5 nitrogen and oxygen atoms in total. The van der Waals surface area contributed by atoms with Gasteiger partial charge in [-0.15, -0.1) is 10.2 Å². The van der Waals surface area contributed by atoms with E-state index in [9.17, 15) is 4.79 Å². The van der Waals surface area contributed by atoms with Gasteiger partial charge in [-0.05, 0) is 55.5 Å². The van der Waals surface area contributed by atoms with Crippen molar-refractivity contribution in [2.75, 3.05) is 30.3 Å². The second-order valence-corrected chi connectivity index (χ2v) is 8.72. The van der Waals surface area contributed by atoms with Crippen LogP contribution in [0.2, 0.25) is 0 Å². The van der Waals surface area contributed by atoms with Crippen LogP contribution in [0.4, 0.5) is 5.69 Å².